The van der Waals surface area contributed by atoms with Gasteiger partial charge in [0.25, 0.3) is 11.8 Å². The Labute approximate surface area is 232 Å². The van der Waals surface area contributed by atoms with Crippen molar-refractivity contribution in [2.75, 3.05) is 19.0 Å². The first-order valence-corrected chi connectivity index (χ1v) is 12.4. The third kappa shape index (κ3) is 7.72. The highest BCUT2D eigenvalue weighted by Crippen LogP contribution is 2.24. The second-order valence-corrected chi connectivity index (χ2v) is 8.84. The molecule has 2 amide bonds. The summed E-state index contributed by atoms with van der Waals surface area (Å²) < 4.78 is 0. The van der Waals surface area contributed by atoms with Crippen molar-refractivity contribution in [3.63, 3.8) is 0 Å². The molecular weight excluding hydrogens is 504 g/mol. The van der Waals surface area contributed by atoms with E-state index in [2.05, 4.69) is 26.1 Å². The smallest absolute Gasteiger partial charge is 0.287 e. The maximum absolute atomic E-state index is 13.1. The quantitative estimate of drug-likeness (QED) is 0.109. The van der Waals surface area contributed by atoms with Gasteiger partial charge in [0, 0.05) is 30.9 Å². The van der Waals surface area contributed by atoms with E-state index in [1.807, 2.05) is 73.6 Å². The van der Waals surface area contributed by atoms with Crippen LogP contribution in [0.25, 0.3) is 6.08 Å². The maximum Gasteiger partial charge on any atom is 0.287 e. The van der Waals surface area contributed by atoms with E-state index in [0.717, 1.165) is 5.69 Å². The van der Waals surface area contributed by atoms with Crippen molar-refractivity contribution in [1.82, 2.24) is 10.7 Å². The molecule has 4 rings (SSSR count). The zero-order valence-corrected chi connectivity index (χ0v) is 22.0. The summed E-state index contributed by atoms with van der Waals surface area (Å²) in [5.74, 6) is -1.13. The maximum atomic E-state index is 13.1. The fourth-order valence-electron chi connectivity index (χ4n) is 3.52. The first-order chi connectivity index (χ1) is 19.4. The number of carbonyl (C=O) groups excluding carboxylic acids is 2. The van der Waals surface area contributed by atoms with Gasteiger partial charge in [0.15, 0.2) is 0 Å². The summed E-state index contributed by atoms with van der Waals surface area (Å²) in [5.41, 5.74) is 6.02. The Morgan fingerprint density at radius 1 is 0.800 bits per heavy atom. The molecule has 0 heterocycles. The third-order valence-corrected chi connectivity index (χ3v) is 5.67. The average Bonchev–Trinajstić information content (AvgIpc) is 2.98. The molecule has 0 saturated carbocycles. The van der Waals surface area contributed by atoms with Gasteiger partial charge in [-0.2, -0.15) is 15.3 Å². The summed E-state index contributed by atoms with van der Waals surface area (Å²) in [6.07, 6.45) is 2.85. The van der Waals surface area contributed by atoms with Crippen molar-refractivity contribution in [2.45, 2.75) is 0 Å². The minimum atomic E-state index is -0.642. The Kier molecular flexibility index (Phi) is 9.13. The molecule has 0 atom stereocenters. The van der Waals surface area contributed by atoms with Crippen molar-refractivity contribution in [3.05, 3.63) is 126 Å². The van der Waals surface area contributed by atoms with Gasteiger partial charge in [-0.1, -0.05) is 48.5 Å². The van der Waals surface area contributed by atoms with Crippen LogP contribution in [-0.4, -0.2) is 37.2 Å². The van der Waals surface area contributed by atoms with Gasteiger partial charge in [-0.15, -0.1) is 0 Å². The predicted octanol–water partition coefficient (Wildman–Crippen LogP) is 5.79. The van der Waals surface area contributed by atoms with Gasteiger partial charge < -0.3 is 15.3 Å². The molecule has 40 heavy (non-hydrogen) atoms. The van der Waals surface area contributed by atoms with Crippen LogP contribution in [-0.2, 0) is 4.79 Å². The van der Waals surface area contributed by atoms with Gasteiger partial charge >= 0.3 is 0 Å². The molecule has 0 radical (unpaired) electrons. The molecule has 0 aliphatic rings. The summed E-state index contributed by atoms with van der Waals surface area (Å²) in [5, 5.41) is 25.2. The molecule has 0 aromatic heterocycles. The topological polar surface area (TPSA) is 119 Å². The fraction of sp³-hybridized carbons (Fsp3) is 0.0645. The SMILES string of the molecule is CN(C)c1ccc(/C=C(\NC(=O)c2ccccc2)C(=O)N/N=C/c2cc(N=Nc3ccccc3)ccc2O)cc1. The summed E-state index contributed by atoms with van der Waals surface area (Å²) in [7, 11) is 3.86. The zero-order valence-electron chi connectivity index (χ0n) is 22.0. The van der Waals surface area contributed by atoms with Gasteiger partial charge in [0.1, 0.15) is 11.4 Å². The van der Waals surface area contributed by atoms with Crippen molar-refractivity contribution >= 4 is 41.2 Å². The van der Waals surface area contributed by atoms with E-state index in [0.29, 0.717) is 28.1 Å². The van der Waals surface area contributed by atoms with Crippen LogP contribution in [0.15, 0.2) is 124 Å². The van der Waals surface area contributed by atoms with Crippen molar-refractivity contribution < 1.29 is 14.7 Å². The molecule has 0 saturated heterocycles. The number of amides is 2. The van der Waals surface area contributed by atoms with Gasteiger partial charge in [0.2, 0.25) is 0 Å². The zero-order chi connectivity index (χ0) is 28.3. The van der Waals surface area contributed by atoms with E-state index in [9.17, 15) is 14.7 Å². The molecule has 200 valence electrons. The van der Waals surface area contributed by atoms with E-state index in [1.54, 1.807) is 48.5 Å². The van der Waals surface area contributed by atoms with Gasteiger partial charge in [0.05, 0.1) is 17.6 Å². The molecule has 4 aromatic carbocycles. The molecule has 9 heteroatoms. The Bertz CT molecular complexity index is 1550. The molecule has 0 aliphatic carbocycles. The molecular formula is C31H28N6O3. The number of anilines is 1. The van der Waals surface area contributed by atoms with E-state index >= 15 is 0 Å². The normalized spacial score (nSPS) is 11.5. The minimum Gasteiger partial charge on any atom is -0.507 e. The summed E-state index contributed by atoms with van der Waals surface area (Å²) >= 11 is 0. The fourth-order valence-corrected chi connectivity index (χ4v) is 3.52. The molecule has 3 N–H and O–H groups in total. The van der Waals surface area contributed by atoms with Crippen LogP contribution in [0, 0.1) is 0 Å². The lowest BCUT2D eigenvalue weighted by atomic mass is 10.1. The molecule has 0 aliphatic heterocycles. The molecule has 0 fully saturated rings. The second-order valence-electron chi connectivity index (χ2n) is 8.84. The summed E-state index contributed by atoms with van der Waals surface area (Å²) in [6.45, 7) is 0. The van der Waals surface area contributed by atoms with Crippen molar-refractivity contribution in [1.29, 1.82) is 0 Å². The highest BCUT2D eigenvalue weighted by molar-refractivity contribution is 6.05. The number of aromatic hydroxyl groups is 1. The number of hydrogen-bond acceptors (Lipinski definition) is 7. The standard InChI is InChI=1S/C31H28N6O3/c1-37(2)27-16-13-22(14-17-27)19-28(33-30(39)23-9-5-3-6-10-23)31(40)36-32-21-24-20-26(15-18-29(24)38)35-34-25-11-7-4-8-12-25/h3-21,38H,1-2H3,(H,33,39)(H,36,40)/b28-19-,32-21+,35-34?. The molecule has 9 nitrogen and oxygen atoms in total. The Balaban J connectivity index is 1.52. The number of hydrazone groups is 1. The van der Waals surface area contributed by atoms with Crippen molar-refractivity contribution in [2.24, 2.45) is 15.3 Å². The first-order valence-electron chi connectivity index (χ1n) is 12.4. The number of azo groups is 1. The third-order valence-electron chi connectivity index (χ3n) is 5.67. The van der Waals surface area contributed by atoms with E-state index in [-0.39, 0.29) is 11.4 Å². The summed E-state index contributed by atoms with van der Waals surface area (Å²) in [6, 6.07) is 30.0. The van der Waals surface area contributed by atoms with Crippen LogP contribution < -0.4 is 15.6 Å². The van der Waals surface area contributed by atoms with Gasteiger partial charge in [-0.05, 0) is 66.2 Å². The number of nitrogens with one attached hydrogen (secondary N) is 2. The van der Waals surface area contributed by atoms with Crippen LogP contribution in [0.2, 0.25) is 0 Å². The van der Waals surface area contributed by atoms with Crippen LogP contribution in [0.4, 0.5) is 17.1 Å². The minimum absolute atomic E-state index is 0.00163. The van der Waals surface area contributed by atoms with Crippen LogP contribution >= 0.6 is 0 Å². The average molecular weight is 533 g/mol. The number of rotatable bonds is 9. The first kappa shape index (κ1) is 27.5. The highest BCUT2D eigenvalue weighted by Gasteiger charge is 2.14. The Hall–Kier alpha value is -5.57. The second kappa shape index (κ2) is 13.3. The molecule has 0 unspecified atom stereocenters. The van der Waals surface area contributed by atoms with Crippen LogP contribution in [0.1, 0.15) is 21.5 Å². The monoisotopic (exact) mass is 532 g/mol. The number of benzene rings is 4. The van der Waals surface area contributed by atoms with Gasteiger partial charge in [-0.25, -0.2) is 5.43 Å². The van der Waals surface area contributed by atoms with Crippen LogP contribution in [0.5, 0.6) is 5.75 Å². The van der Waals surface area contributed by atoms with Crippen LogP contribution in [0.3, 0.4) is 0 Å². The van der Waals surface area contributed by atoms with E-state index < -0.39 is 11.8 Å². The number of phenolic OH excluding ortho intramolecular Hbond substituents is 1. The lowest BCUT2D eigenvalue weighted by molar-refractivity contribution is -0.117. The van der Waals surface area contributed by atoms with Gasteiger partial charge in [-0.3, -0.25) is 9.59 Å². The lowest BCUT2D eigenvalue weighted by Gasteiger charge is -2.12. The van der Waals surface area contributed by atoms with E-state index in [1.165, 1.54) is 12.3 Å². The molecule has 0 bridgehead atoms. The highest BCUT2D eigenvalue weighted by atomic mass is 16.3. The largest absolute Gasteiger partial charge is 0.507 e. The summed E-state index contributed by atoms with van der Waals surface area (Å²) in [4.78, 5) is 27.8. The number of phenols is 1. The van der Waals surface area contributed by atoms with E-state index in [4.69, 9.17) is 0 Å². The number of carbonyl (C=O) groups is 2. The Morgan fingerprint density at radius 2 is 1.45 bits per heavy atom. The number of hydrogen-bond donors (Lipinski definition) is 3. The molecule has 4 aromatic rings. The predicted molar refractivity (Wildman–Crippen MR) is 157 cm³/mol. The molecule has 0 spiro atoms. The lowest BCUT2D eigenvalue weighted by Crippen LogP contribution is -2.32. The Morgan fingerprint density at radius 3 is 2.12 bits per heavy atom. The number of nitrogens with zero attached hydrogens (tertiary/aromatic N) is 4. The van der Waals surface area contributed by atoms with Crippen molar-refractivity contribution in [3.8, 4) is 5.75 Å².